The van der Waals surface area contributed by atoms with E-state index in [1.807, 2.05) is 36.6 Å². The summed E-state index contributed by atoms with van der Waals surface area (Å²) in [7, 11) is 0. The second kappa shape index (κ2) is 6.16. The van der Waals surface area contributed by atoms with Gasteiger partial charge in [0.2, 0.25) is 0 Å². The van der Waals surface area contributed by atoms with Crippen LogP contribution in [0.5, 0.6) is 0 Å². The molecule has 4 nitrogen and oxygen atoms in total. The van der Waals surface area contributed by atoms with Crippen LogP contribution in [-0.4, -0.2) is 11.0 Å². The molecule has 2 aromatic rings. The molecular formula is C13H15N3OS. The Morgan fingerprint density at radius 1 is 1.44 bits per heavy atom. The molecule has 0 saturated heterocycles. The number of thiophene rings is 1. The third kappa shape index (κ3) is 3.56. The minimum Gasteiger partial charge on any atom is -0.333 e. The van der Waals surface area contributed by atoms with Gasteiger partial charge in [0, 0.05) is 17.3 Å². The van der Waals surface area contributed by atoms with Crippen molar-refractivity contribution in [1.82, 2.24) is 15.6 Å². The molecule has 2 amide bonds. The Bertz CT molecular complexity index is 484. The van der Waals surface area contributed by atoms with Crippen molar-refractivity contribution in [1.29, 1.82) is 0 Å². The average molecular weight is 261 g/mol. The van der Waals surface area contributed by atoms with Gasteiger partial charge in [-0.1, -0.05) is 12.1 Å². The van der Waals surface area contributed by atoms with Crippen molar-refractivity contribution in [3.63, 3.8) is 0 Å². The van der Waals surface area contributed by atoms with Gasteiger partial charge in [-0.2, -0.15) is 0 Å². The average Bonchev–Trinajstić information content (AvgIpc) is 2.90. The van der Waals surface area contributed by atoms with E-state index in [9.17, 15) is 4.79 Å². The van der Waals surface area contributed by atoms with Crippen LogP contribution in [0.2, 0.25) is 0 Å². The lowest BCUT2D eigenvalue weighted by molar-refractivity contribution is 0.237. The normalized spacial score (nSPS) is 11.8. The Balaban J connectivity index is 1.80. The number of nitrogens with zero attached hydrogens (tertiary/aromatic N) is 1. The summed E-state index contributed by atoms with van der Waals surface area (Å²) in [6.07, 6.45) is 3.47. The largest absolute Gasteiger partial charge is 0.333 e. The zero-order valence-corrected chi connectivity index (χ0v) is 10.9. The molecule has 2 heterocycles. The topological polar surface area (TPSA) is 54.0 Å². The molecule has 0 aromatic carbocycles. The van der Waals surface area contributed by atoms with Gasteiger partial charge in [-0.15, -0.1) is 11.3 Å². The summed E-state index contributed by atoms with van der Waals surface area (Å²) in [5, 5.41) is 7.69. The fraction of sp³-hybridized carbons (Fsp3) is 0.231. The van der Waals surface area contributed by atoms with Crippen LogP contribution in [0.25, 0.3) is 0 Å². The van der Waals surface area contributed by atoms with Gasteiger partial charge in [0.25, 0.3) is 0 Å². The molecule has 0 bridgehead atoms. The molecule has 2 aromatic heterocycles. The lowest BCUT2D eigenvalue weighted by atomic mass is 10.1. The van der Waals surface area contributed by atoms with Crippen LogP contribution in [0, 0.1) is 0 Å². The van der Waals surface area contributed by atoms with Gasteiger partial charge in [0.1, 0.15) is 0 Å². The molecule has 94 valence electrons. The Hall–Kier alpha value is -1.88. The van der Waals surface area contributed by atoms with Crippen LogP contribution in [0.1, 0.15) is 23.4 Å². The van der Waals surface area contributed by atoms with Crippen molar-refractivity contribution < 1.29 is 4.79 Å². The molecule has 2 rings (SSSR count). The van der Waals surface area contributed by atoms with E-state index in [0.29, 0.717) is 6.54 Å². The maximum Gasteiger partial charge on any atom is 0.315 e. The van der Waals surface area contributed by atoms with Crippen LogP contribution in [0.15, 0.2) is 42.0 Å². The molecule has 0 aliphatic carbocycles. The van der Waals surface area contributed by atoms with E-state index in [1.54, 1.807) is 23.7 Å². The van der Waals surface area contributed by atoms with Gasteiger partial charge in [-0.3, -0.25) is 4.98 Å². The Labute approximate surface area is 110 Å². The molecule has 0 saturated carbocycles. The van der Waals surface area contributed by atoms with Gasteiger partial charge < -0.3 is 10.6 Å². The molecule has 18 heavy (non-hydrogen) atoms. The van der Waals surface area contributed by atoms with E-state index in [0.717, 1.165) is 10.4 Å². The number of aromatic nitrogens is 1. The molecule has 0 aliphatic rings. The SMILES string of the molecule is CC(NC(=O)NCc1cccs1)c1cccnc1. The van der Waals surface area contributed by atoms with Crippen LogP contribution in [0.3, 0.4) is 0 Å². The van der Waals surface area contributed by atoms with Crippen LogP contribution < -0.4 is 10.6 Å². The maximum absolute atomic E-state index is 11.7. The smallest absolute Gasteiger partial charge is 0.315 e. The van der Waals surface area contributed by atoms with Crippen molar-refractivity contribution in [2.75, 3.05) is 0 Å². The molecule has 0 aliphatic heterocycles. The molecule has 0 spiro atoms. The summed E-state index contributed by atoms with van der Waals surface area (Å²) in [6.45, 7) is 2.49. The van der Waals surface area contributed by atoms with Crippen molar-refractivity contribution in [3.05, 3.63) is 52.5 Å². The predicted molar refractivity (Wildman–Crippen MR) is 72.3 cm³/mol. The quantitative estimate of drug-likeness (QED) is 0.889. The minimum atomic E-state index is -0.167. The molecule has 1 atom stereocenters. The van der Waals surface area contributed by atoms with E-state index >= 15 is 0 Å². The first kappa shape index (κ1) is 12.6. The van der Waals surface area contributed by atoms with Crippen molar-refractivity contribution in [3.8, 4) is 0 Å². The standard InChI is InChI=1S/C13H15N3OS/c1-10(11-4-2-6-14-8-11)16-13(17)15-9-12-5-3-7-18-12/h2-8,10H,9H2,1H3,(H2,15,16,17). The molecule has 0 radical (unpaired) electrons. The van der Waals surface area contributed by atoms with Crippen LogP contribution in [0.4, 0.5) is 4.79 Å². The van der Waals surface area contributed by atoms with Gasteiger partial charge >= 0.3 is 6.03 Å². The Morgan fingerprint density at radius 2 is 2.33 bits per heavy atom. The van der Waals surface area contributed by atoms with E-state index in [-0.39, 0.29) is 12.1 Å². The molecule has 1 unspecified atom stereocenters. The zero-order chi connectivity index (χ0) is 12.8. The highest BCUT2D eigenvalue weighted by Gasteiger charge is 2.08. The molecule has 0 fully saturated rings. The number of nitrogens with one attached hydrogen (secondary N) is 2. The first-order chi connectivity index (χ1) is 8.75. The lowest BCUT2D eigenvalue weighted by Gasteiger charge is -2.14. The van der Waals surface area contributed by atoms with Crippen LogP contribution in [-0.2, 0) is 6.54 Å². The van der Waals surface area contributed by atoms with E-state index in [1.165, 1.54) is 0 Å². The second-order valence-corrected chi connectivity index (χ2v) is 4.95. The Kier molecular flexibility index (Phi) is 4.30. The van der Waals surface area contributed by atoms with Gasteiger partial charge in [-0.25, -0.2) is 4.79 Å². The zero-order valence-electron chi connectivity index (χ0n) is 10.1. The minimum absolute atomic E-state index is 0.0537. The molecule has 5 heteroatoms. The summed E-state index contributed by atoms with van der Waals surface area (Å²) >= 11 is 1.63. The van der Waals surface area contributed by atoms with E-state index < -0.39 is 0 Å². The number of pyridine rings is 1. The first-order valence-electron chi connectivity index (χ1n) is 5.72. The third-order valence-corrected chi connectivity index (χ3v) is 3.41. The highest BCUT2D eigenvalue weighted by molar-refractivity contribution is 7.09. The van der Waals surface area contributed by atoms with Gasteiger partial charge in [0.05, 0.1) is 12.6 Å². The van der Waals surface area contributed by atoms with Gasteiger partial charge in [-0.05, 0) is 30.0 Å². The second-order valence-electron chi connectivity index (χ2n) is 3.91. The number of hydrogen-bond acceptors (Lipinski definition) is 3. The number of hydrogen-bond donors (Lipinski definition) is 2. The highest BCUT2D eigenvalue weighted by Crippen LogP contribution is 2.10. The number of amides is 2. The summed E-state index contributed by atoms with van der Waals surface area (Å²) in [6, 6.07) is 7.54. The first-order valence-corrected chi connectivity index (χ1v) is 6.60. The van der Waals surface area contributed by atoms with E-state index in [2.05, 4.69) is 15.6 Å². The number of carbonyl (C=O) groups excluding carboxylic acids is 1. The van der Waals surface area contributed by atoms with Gasteiger partial charge in [0.15, 0.2) is 0 Å². The monoisotopic (exact) mass is 261 g/mol. The predicted octanol–water partition coefficient (Wildman–Crippen LogP) is 2.70. The third-order valence-electron chi connectivity index (χ3n) is 2.54. The van der Waals surface area contributed by atoms with E-state index in [4.69, 9.17) is 0 Å². The van der Waals surface area contributed by atoms with Crippen molar-refractivity contribution in [2.24, 2.45) is 0 Å². The fourth-order valence-corrected chi connectivity index (χ4v) is 2.19. The fourth-order valence-electron chi connectivity index (χ4n) is 1.54. The number of urea groups is 1. The van der Waals surface area contributed by atoms with Crippen molar-refractivity contribution >= 4 is 17.4 Å². The van der Waals surface area contributed by atoms with Crippen molar-refractivity contribution in [2.45, 2.75) is 19.5 Å². The highest BCUT2D eigenvalue weighted by atomic mass is 32.1. The number of carbonyl (C=O) groups is 1. The van der Waals surface area contributed by atoms with Crippen LogP contribution >= 0.6 is 11.3 Å². The summed E-state index contributed by atoms with van der Waals surface area (Å²) in [5.74, 6) is 0. The summed E-state index contributed by atoms with van der Waals surface area (Å²) < 4.78 is 0. The Morgan fingerprint density at radius 3 is 3.00 bits per heavy atom. The molecular weight excluding hydrogens is 246 g/mol. The summed E-state index contributed by atoms with van der Waals surface area (Å²) in [4.78, 5) is 16.9. The molecule has 2 N–H and O–H groups in total. The summed E-state index contributed by atoms with van der Waals surface area (Å²) in [5.41, 5.74) is 0.990. The number of rotatable bonds is 4. The maximum atomic E-state index is 11.7. The lowest BCUT2D eigenvalue weighted by Crippen LogP contribution is -2.36.